The minimum atomic E-state index is -0.436. The molecule has 0 aliphatic rings. The largest absolute Gasteiger partial charge is 0.398 e. The Morgan fingerprint density at radius 3 is 2.61 bits per heavy atom. The number of nitrogens with two attached hydrogens (primary N) is 1. The van der Waals surface area contributed by atoms with E-state index in [0.29, 0.717) is 21.4 Å². The molecule has 2 aromatic carbocycles. The second-order valence-corrected chi connectivity index (χ2v) is 4.52. The summed E-state index contributed by atoms with van der Waals surface area (Å²) in [4.78, 5) is 11.9. The summed E-state index contributed by atoms with van der Waals surface area (Å²) in [5.74, 6) is -0.802. The first kappa shape index (κ1) is 12.6. The van der Waals surface area contributed by atoms with E-state index in [-0.39, 0.29) is 5.91 Å². The van der Waals surface area contributed by atoms with Crippen molar-refractivity contribution in [1.82, 2.24) is 0 Å². The summed E-state index contributed by atoms with van der Waals surface area (Å²) >= 11 is 3.04. The van der Waals surface area contributed by atoms with Crippen molar-refractivity contribution in [3.05, 3.63) is 58.3 Å². The zero-order valence-electron chi connectivity index (χ0n) is 9.28. The first-order valence-electron chi connectivity index (χ1n) is 5.19. The summed E-state index contributed by atoms with van der Waals surface area (Å²) < 4.78 is 13.6. The fourth-order valence-electron chi connectivity index (χ4n) is 1.48. The number of anilines is 2. The van der Waals surface area contributed by atoms with Gasteiger partial charge in [-0.25, -0.2) is 4.39 Å². The van der Waals surface area contributed by atoms with Crippen molar-refractivity contribution < 1.29 is 9.18 Å². The van der Waals surface area contributed by atoms with Crippen LogP contribution in [-0.4, -0.2) is 5.91 Å². The first-order valence-corrected chi connectivity index (χ1v) is 5.98. The molecule has 0 bridgehead atoms. The highest BCUT2D eigenvalue weighted by Crippen LogP contribution is 2.20. The number of para-hydroxylation sites is 1. The van der Waals surface area contributed by atoms with E-state index in [4.69, 9.17) is 5.73 Å². The van der Waals surface area contributed by atoms with Crippen LogP contribution >= 0.6 is 15.9 Å². The third-order valence-corrected chi connectivity index (χ3v) is 3.03. The van der Waals surface area contributed by atoms with Crippen molar-refractivity contribution in [2.24, 2.45) is 0 Å². The predicted octanol–water partition coefficient (Wildman–Crippen LogP) is 3.42. The van der Waals surface area contributed by atoms with Gasteiger partial charge in [0.2, 0.25) is 0 Å². The Morgan fingerprint density at radius 2 is 1.94 bits per heavy atom. The van der Waals surface area contributed by atoms with Gasteiger partial charge in [0.1, 0.15) is 5.82 Å². The molecule has 0 fully saturated rings. The van der Waals surface area contributed by atoms with Gasteiger partial charge < -0.3 is 11.1 Å². The van der Waals surface area contributed by atoms with Gasteiger partial charge in [-0.05, 0) is 46.3 Å². The lowest BCUT2D eigenvalue weighted by molar-refractivity contribution is 0.102. The second-order valence-electron chi connectivity index (χ2n) is 3.67. The van der Waals surface area contributed by atoms with Crippen LogP contribution in [0.5, 0.6) is 0 Å². The normalized spacial score (nSPS) is 10.1. The number of nitrogens with one attached hydrogen (secondary N) is 1. The maximum absolute atomic E-state index is 13.3. The molecular weight excluding hydrogens is 299 g/mol. The molecule has 3 N–H and O–H groups in total. The van der Waals surface area contributed by atoms with Crippen LogP contribution in [0.3, 0.4) is 0 Å². The molecule has 92 valence electrons. The van der Waals surface area contributed by atoms with Gasteiger partial charge in [0.25, 0.3) is 5.91 Å². The fourth-order valence-corrected chi connectivity index (χ4v) is 1.72. The number of hydrogen-bond donors (Lipinski definition) is 2. The molecule has 0 saturated heterocycles. The molecule has 3 nitrogen and oxygen atoms in total. The van der Waals surface area contributed by atoms with Crippen LogP contribution in [0.15, 0.2) is 46.9 Å². The van der Waals surface area contributed by atoms with Crippen LogP contribution in [0.1, 0.15) is 10.4 Å². The fraction of sp³-hybridized carbons (Fsp3) is 0. The predicted molar refractivity (Wildman–Crippen MR) is 72.9 cm³/mol. The molecule has 0 atom stereocenters. The Labute approximate surface area is 112 Å². The van der Waals surface area contributed by atoms with Gasteiger partial charge in [-0.2, -0.15) is 0 Å². The van der Waals surface area contributed by atoms with Crippen LogP contribution in [0.2, 0.25) is 0 Å². The highest BCUT2D eigenvalue weighted by atomic mass is 79.9. The van der Waals surface area contributed by atoms with Crippen LogP contribution in [0.25, 0.3) is 0 Å². The molecule has 1 amide bonds. The van der Waals surface area contributed by atoms with Crippen LogP contribution < -0.4 is 11.1 Å². The maximum Gasteiger partial charge on any atom is 0.257 e. The van der Waals surface area contributed by atoms with Gasteiger partial charge in [-0.15, -0.1) is 0 Å². The van der Waals surface area contributed by atoms with E-state index in [1.54, 1.807) is 30.3 Å². The molecule has 2 rings (SSSR count). The Hall–Kier alpha value is -1.88. The van der Waals surface area contributed by atoms with E-state index in [1.807, 2.05) is 0 Å². The highest BCUT2D eigenvalue weighted by Gasteiger charge is 2.10. The summed E-state index contributed by atoms with van der Waals surface area (Å²) in [5.41, 5.74) is 6.81. The lowest BCUT2D eigenvalue weighted by atomic mass is 10.1. The first-order chi connectivity index (χ1) is 8.58. The second kappa shape index (κ2) is 5.18. The van der Waals surface area contributed by atoms with Crippen molar-refractivity contribution in [2.45, 2.75) is 0 Å². The zero-order valence-corrected chi connectivity index (χ0v) is 10.9. The monoisotopic (exact) mass is 308 g/mol. The lowest BCUT2D eigenvalue weighted by Gasteiger charge is -2.07. The van der Waals surface area contributed by atoms with Gasteiger partial charge in [0.15, 0.2) is 0 Å². The number of amides is 1. The molecule has 0 heterocycles. The molecule has 0 saturated carbocycles. The van der Waals surface area contributed by atoms with Gasteiger partial charge in [-0.1, -0.05) is 12.1 Å². The van der Waals surface area contributed by atoms with E-state index < -0.39 is 5.82 Å². The Bertz CT molecular complexity index is 601. The number of nitrogen functional groups attached to an aromatic ring is 1. The molecule has 0 spiro atoms. The number of rotatable bonds is 2. The maximum atomic E-state index is 13.3. The number of carbonyl (C=O) groups is 1. The van der Waals surface area contributed by atoms with E-state index >= 15 is 0 Å². The van der Waals surface area contributed by atoms with Gasteiger partial charge >= 0.3 is 0 Å². The molecule has 0 aliphatic carbocycles. The summed E-state index contributed by atoms with van der Waals surface area (Å²) in [6.45, 7) is 0. The minimum absolute atomic E-state index is 0.347. The minimum Gasteiger partial charge on any atom is -0.398 e. The molecular formula is C13H10BrFN2O. The van der Waals surface area contributed by atoms with E-state index in [1.165, 1.54) is 12.1 Å². The summed E-state index contributed by atoms with van der Waals surface area (Å²) in [7, 11) is 0. The summed E-state index contributed by atoms with van der Waals surface area (Å²) in [6, 6.07) is 11.1. The smallest absolute Gasteiger partial charge is 0.257 e. The van der Waals surface area contributed by atoms with Crippen LogP contribution in [-0.2, 0) is 0 Å². The molecule has 0 aliphatic heterocycles. The summed E-state index contributed by atoms with van der Waals surface area (Å²) in [5, 5.41) is 2.59. The molecule has 5 heteroatoms. The van der Waals surface area contributed by atoms with E-state index in [9.17, 15) is 9.18 Å². The zero-order chi connectivity index (χ0) is 13.1. The lowest BCUT2D eigenvalue weighted by Crippen LogP contribution is -2.13. The number of halogens is 2. The average Bonchev–Trinajstić information content (AvgIpc) is 2.34. The highest BCUT2D eigenvalue weighted by molar-refractivity contribution is 9.10. The molecule has 18 heavy (non-hydrogen) atoms. The molecule has 0 aromatic heterocycles. The van der Waals surface area contributed by atoms with Gasteiger partial charge in [0.05, 0.1) is 10.0 Å². The molecule has 0 unspecified atom stereocenters. The number of hydrogen-bond acceptors (Lipinski definition) is 2. The average molecular weight is 309 g/mol. The Morgan fingerprint density at radius 1 is 1.22 bits per heavy atom. The number of benzene rings is 2. The van der Waals surface area contributed by atoms with Crippen molar-refractivity contribution in [3.63, 3.8) is 0 Å². The van der Waals surface area contributed by atoms with E-state index in [2.05, 4.69) is 21.2 Å². The third kappa shape index (κ3) is 2.68. The van der Waals surface area contributed by atoms with Crippen molar-refractivity contribution >= 4 is 33.2 Å². The van der Waals surface area contributed by atoms with Crippen molar-refractivity contribution in [1.29, 1.82) is 0 Å². The van der Waals surface area contributed by atoms with Crippen LogP contribution in [0.4, 0.5) is 15.8 Å². The van der Waals surface area contributed by atoms with Gasteiger partial charge in [-0.3, -0.25) is 4.79 Å². The SMILES string of the molecule is Nc1ccccc1C(=O)Nc1ccc(Br)c(F)c1. The van der Waals surface area contributed by atoms with Crippen molar-refractivity contribution in [2.75, 3.05) is 11.1 Å². The quantitative estimate of drug-likeness (QED) is 0.835. The van der Waals surface area contributed by atoms with Crippen molar-refractivity contribution in [3.8, 4) is 0 Å². The Kier molecular flexibility index (Phi) is 3.62. The van der Waals surface area contributed by atoms with Gasteiger partial charge in [0, 0.05) is 11.4 Å². The Balaban J connectivity index is 2.22. The number of carbonyl (C=O) groups excluding carboxylic acids is 1. The summed E-state index contributed by atoms with van der Waals surface area (Å²) in [6.07, 6.45) is 0. The molecule has 0 radical (unpaired) electrons. The van der Waals surface area contributed by atoms with E-state index in [0.717, 1.165) is 0 Å². The standard InChI is InChI=1S/C13H10BrFN2O/c14-10-6-5-8(7-11(10)15)17-13(18)9-3-1-2-4-12(9)16/h1-7H,16H2,(H,17,18). The van der Waals surface area contributed by atoms with Crippen LogP contribution in [0, 0.1) is 5.82 Å². The molecule has 2 aromatic rings. The topological polar surface area (TPSA) is 55.1 Å². The third-order valence-electron chi connectivity index (χ3n) is 2.38.